The van der Waals surface area contributed by atoms with Gasteiger partial charge in [-0.3, -0.25) is 4.98 Å². The van der Waals surface area contributed by atoms with Gasteiger partial charge in [-0.25, -0.2) is 4.98 Å². The van der Waals surface area contributed by atoms with Crippen molar-refractivity contribution in [1.82, 2.24) is 15.0 Å². The van der Waals surface area contributed by atoms with E-state index in [1.54, 1.807) is 24.5 Å². The molecule has 3 aromatic rings. The highest BCUT2D eigenvalue weighted by Gasteiger charge is 2.31. The Hall–Kier alpha value is -3.40. The monoisotopic (exact) mass is 447 g/mol. The molecule has 3 N–H and O–H groups in total. The number of aliphatic hydroxyl groups excluding tert-OH is 1. The molecule has 2 aromatic heterocycles. The Balaban J connectivity index is 1.93. The van der Waals surface area contributed by atoms with Crippen LogP contribution >= 0.6 is 0 Å². The fourth-order valence-corrected chi connectivity index (χ4v) is 2.89. The first-order chi connectivity index (χ1) is 15.2. The summed E-state index contributed by atoms with van der Waals surface area (Å²) < 4.78 is 41.9. The highest BCUT2D eigenvalue weighted by Crippen LogP contribution is 2.29. The summed E-state index contributed by atoms with van der Waals surface area (Å²) in [6.07, 6.45) is -1.41. The highest BCUT2D eigenvalue weighted by molar-refractivity contribution is 5.66. The van der Waals surface area contributed by atoms with Crippen LogP contribution in [0.4, 0.5) is 24.9 Å². The standard InChI is InChI=1S/C22H24F3N5O2/c1-14(2)19(13-31)29-21-28-18(16-6-3-7-17(9-16)32-22(23,24)25)10-20(30-21)27-12-15-5-4-8-26-11-15/h3-11,14,19,31H,12-13H2,1-2H3,(H2,27,28,29,30)/t19-/m0/s1. The lowest BCUT2D eigenvalue weighted by Gasteiger charge is -2.21. The van der Waals surface area contributed by atoms with E-state index in [-0.39, 0.29) is 30.3 Å². The molecule has 1 aromatic carbocycles. The van der Waals surface area contributed by atoms with Gasteiger partial charge >= 0.3 is 6.36 Å². The molecule has 0 radical (unpaired) electrons. The van der Waals surface area contributed by atoms with Gasteiger partial charge in [0.1, 0.15) is 11.6 Å². The summed E-state index contributed by atoms with van der Waals surface area (Å²) in [5, 5.41) is 15.9. The van der Waals surface area contributed by atoms with Crippen molar-refractivity contribution >= 4 is 11.8 Å². The van der Waals surface area contributed by atoms with Crippen molar-refractivity contribution in [3.05, 3.63) is 60.4 Å². The van der Waals surface area contributed by atoms with E-state index in [1.807, 2.05) is 26.0 Å². The Morgan fingerprint density at radius 2 is 1.91 bits per heavy atom. The number of ether oxygens (including phenoxy) is 1. The molecule has 32 heavy (non-hydrogen) atoms. The second kappa shape index (κ2) is 10.3. The molecule has 2 heterocycles. The molecule has 0 fully saturated rings. The summed E-state index contributed by atoms with van der Waals surface area (Å²) in [5.41, 5.74) is 1.74. The summed E-state index contributed by atoms with van der Waals surface area (Å²) in [4.78, 5) is 13.0. The molecule has 0 aliphatic rings. The van der Waals surface area contributed by atoms with Gasteiger partial charge in [-0.05, 0) is 29.7 Å². The average Bonchev–Trinajstić information content (AvgIpc) is 2.75. The van der Waals surface area contributed by atoms with Crippen molar-refractivity contribution in [3.8, 4) is 17.0 Å². The zero-order valence-corrected chi connectivity index (χ0v) is 17.6. The first-order valence-electron chi connectivity index (χ1n) is 9.99. The van der Waals surface area contributed by atoms with Crippen LogP contribution in [0.1, 0.15) is 19.4 Å². The van der Waals surface area contributed by atoms with Crippen LogP contribution < -0.4 is 15.4 Å². The van der Waals surface area contributed by atoms with Gasteiger partial charge in [0.05, 0.1) is 18.3 Å². The Bertz CT molecular complexity index is 1020. The lowest BCUT2D eigenvalue weighted by atomic mass is 10.1. The molecular formula is C22H24F3N5O2. The van der Waals surface area contributed by atoms with Crippen LogP contribution in [0.2, 0.25) is 0 Å². The van der Waals surface area contributed by atoms with E-state index >= 15 is 0 Å². The van der Waals surface area contributed by atoms with Gasteiger partial charge in [-0.1, -0.05) is 32.0 Å². The molecule has 3 rings (SSSR count). The summed E-state index contributed by atoms with van der Waals surface area (Å²) in [6, 6.07) is 10.6. The number of pyridine rings is 1. The third-order valence-corrected chi connectivity index (χ3v) is 4.60. The van der Waals surface area contributed by atoms with Crippen molar-refractivity contribution in [2.24, 2.45) is 5.92 Å². The summed E-state index contributed by atoms with van der Waals surface area (Å²) in [5.74, 6) is 0.459. The number of alkyl halides is 3. The van der Waals surface area contributed by atoms with Crippen LogP contribution in [0.5, 0.6) is 5.75 Å². The molecule has 0 aliphatic carbocycles. The van der Waals surface area contributed by atoms with Crippen LogP contribution in [-0.4, -0.2) is 39.1 Å². The third-order valence-electron chi connectivity index (χ3n) is 4.60. The molecule has 10 heteroatoms. The number of halogens is 3. The largest absolute Gasteiger partial charge is 0.573 e. The zero-order chi connectivity index (χ0) is 23.1. The van der Waals surface area contributed by atoms with Crippen molar-refractivity contribution in [3.63, 3.8) is 0 Å². The van der Waals surface area contributed by atoms with E-state index in [0.717, 1.165) is 5.56 Å². The topological polar surface area (TPSA) is 92.2 Å². The molecule has 0 saturated heterocycles. The second-order valence-corrected chi connectivity index (χ2v) is 7.43. The molecule has 1 atom stereocenters. The smallest absolute Gasteiger partial charge is 0.406 e. The van der Waals surface area contributed by atoms with Crippen molar-refractivity contribution in [1.29, 1.82) is 0 Å². The van der Waals surface area contributed by atoms with Gasteiger partial charge in [-0.2, -0.15) is 4.98 Å². The normalized spacial score (nSPS) is 12.5. The number of anilines is 2. The fraction of sp³-hybridized carbons (Fsp3) is 0.318. The maximum atomic E-state index is 12.6. The van der Waals surface area contributed by atoms with Crippen molar-refractivity contribution in [2.45, 2.75) is 32.8 Å². The minimum Gasteiger partial charge on any atom is -0.406 e. The van der Waals surface area contributed by atoms with E-state index in [9.17, 15) is 18.3 Å². The number of benzene rings is 1. The van der Waals surface area contributed by atoms with E-state index in [2.05, 4.69) is 30.3 Å². The second-order valence-electron chi connectivity index (χ2n) is 7.43. The van der Waals surface area contributed by atoms with Crippen molar-refractivity contribution < 1.29 is 23.0 Å². The maximum absolute atomic E-state index is 12.6. The molecule has 0 spiro atoms. The van der Waals surface area contributed by atoms with Gasteiger partial charge in [0.2, 0.25) is 5.95 Å². The first-order valence-corrected chi connectivity index (χ1v) is 9.99. The number of nitrogens with one attached hydrogen (secondary N) is 2. The van der Waals surface area contributed by atoms with Crippen molar-refractivity contribution in [2.75, 3.05) is 17.2 Å². The predicted octanol–water partition coefficient (Wildman–Crippen LogP) is 4.48. The maximum Gasteiger partial charge on any atom is 0.573 e. The molecular weight excluding hydrogens is 423 g/mol. The van der Waals surface area contributed by atoms with Crippen LogP contribution in [0.3, 0.4) is 0 Å². The minimum absolute atomic E-state index is 0.0996. The predicted molar refractivity (Wildman–Crippen MR) is 115 cm³/mol. The zero-order valence-electron chi connectivity index (χ0n) is 17.6. The number of hydrogen-bond acceptors (Lipinski definition) is 7. The number of nitrogens with zero attached hydrogens (tertiary/aromatic N) is 3. The molecule has 0 unspecified atom stereocenters. The number of hydrogen-bond donors (Lipinski definition) is 3. The van der Waals surface area contributed by atoms with E-state index in [4.69, 9.17) is 0 Å². The first kappa shape index (κ1) is 23.3. The summed E-state index contributed by atoms with van der Waals surface area (Å²) >= 11 is 0. The highest BCUT2D eigenvalue weighted by atomic mass is 19.4. The summed E-state index contributed by atoms with van der Waals surface area (Å²) in [6.45, 7) is 4.20. The molecule has 0 aliphatic heterocycles. The fourth-order valence-electron chi connectivity index (χ4n) is 2.89. The van der Waals surface area contributed by atoms with Crippen LogP contribution in [0, 0.1) is 5.92 Å². The minimum atomic E-state index is -4.79. The lowest BCUT2D eigenvalue weighted by Crippen LogP contribution is -2.30. The Morgan fingerprint density at radius 3 is 2.56 bits per heavy atom. The average molecular weight is 447 g/mol. The van der Waals surface area contributed by atoms with Gasteiger partial charge in [0.15, 0.2) is 0 Å². The van der Waals surface area contributed by atoms with Crippen LogP contribution in [0.15, 0.2) is 54.9 Å². The molecule has 0 amide bonds. The van der Waals surface area contributed by atoms with Gasteiger partial charge in [0, 0.05) is 30.6 Å². The number of aromatic nitrogens is 3. The molecule has 0 saturated carbocycles. The SMILES string of the molecule is CC(C)[C@H](CO)Nc1nc(NCc2cccnc2)cc(-c2cccc(OC(F)(F)F)c2)n1. The number of rotatable bonds is 9. The number of aliphatic hydroxyl groups is 1. The quantitative estimate of drug-likeness (QED) is 0.445. The van der Waals surface area contributed by atoms with Gasteiger partial charge in [-0.15, -0.1) is 13.2 Å². The van der Waals surface area contributed by atoms with E-state index in [1.165, 1.54) is 18.2 Å². The Kier molecular flexibility index (Phi) is 7.47. The van der Waals surface area contributed by atoms with Gasteiger partial charge in [0.25, 0.3) is 0 Å². The summed E-state index contributed by atoms with van der Waals surface area (Å²) in [7, 11) is 0. The molecule has 7 nitrogen and oxygen atoms in total. The lowest BCUT2D eigenvalue weighted by molar-refractivity contribution is -0.274. The molecule has 0 bridgehead atoms. The Morgan fingerprint density at radius 1 is 1.09 bits per heavy atom. The van der Waals surface area contributed by atoms with E-state index in [0.29, 0.717) is 23.6 Å². The van der Waals surface area contributed by atoms with Gasteiger partial charge < -0.3 is 20.5 Å². The Labute approximate surface area is 183 Å². The van der Waals surface area contributed by atoms with Crippen LogP contribution in [0.25, 0.3) is 11.3 Å². The third kappa shape index (κ3) is 6.81. The molecule has 170 valence electrons. The van der Waals surface area contributed by atoms with E-state index < -0.39 is 6.36 Å². The van der Waals surface area contributed by atoms with Crippen LogP contribution in [-0.2, 0) is 6.54 Å².